The Balaban J connectivity index is 2.82. The van der Waals surface area contributed by atoms with Gasteiger partial charge in [0.1, 0.15) is 12.0 Å². The minimum absolute atomic E-state index is 0.117. The summed E-state index contributed by atoms with van der Waals surface area (Å²) in [6.45, 7) is 9.66. The zero-order valence-electron chi connectivity index (χ0n) is 19.1. The molecular weight excluding hydrogens is 364 g/mol. The minimum Gasteiger partial charge on any atom is -0.508 e. The van der Waals surface area contributed by atoms with Crippen molar-refractivity contribution in [3.05, 3.63) is 35.8 Å². The van der Waals surface area contributed by atoms with Crippen molar-refractivity contribution in [3.8, 4) is 0 Å². The molecule has 0 aromatic carbocycles. The Kier molecular flexibility index (Phi) is 11.3. The summed E-state index contributed by atoms with van der Waals surface area (Å²) in [4.78, 5) is 12.0. The van der Waals surface area contributed by atoms with E-state index in [9.17, 15) is 15.0 Å². The molecule has 4 nitrogen and oxygen atoms in total. The number of allylic oxidation sites excluding steroid dienone is 3. The van der Waals surface area contributed by atoms with Gasteiger partial charge in [-0.05, 0) is 65.2 Å². The highest BCUT2D eigenvalue weighted by Gasteiger charge is 2.26. The largest absolute Gasteiger partial charge is 0.508 e. The second-order valence-corrected chi connectivity index (χ2v) is 9.27. The van der Waals surface area contributed by atoms with E-state index in [1.807, 2.05) is 6.08 Å². The molecule has 0 bridgehead atoms. The van der Waals surface area contributed by atoms with Crippen LogP contribution in [0.3, 0.4) is 0 Å². The number of aliphatic hydroxyl groups excluding tert-OH is 2. The van der Waals surface area contributed by atoms with Crippen molar-refractivity contribution in [2.24, 2.45) is 17.3 Å². The van der Waals surface area contributed by atoms with Gasteiger partial charge in [-0.1, -0.05) is 56.9 Å². The van der Waals surface area contributed by atoms with Gasteiger partial charge in [-0.2, -0.15) is 0 Å². The lowest BCUT2D eigenvalue weighted by atomic mass is 9.85. The Hall–Kier alpha value is -1.55. The number of hydrogen-bond acceptors (Lipinski definition) is 4. The number of aliphatic hydroxyl groups is 2. The van der Waals surface area contributed by atoms with Crippen LogP contribution in [0.5, 0.6) is 0 Å². The summed E-state index contributed by atoms with van der Waals surface area (Å²) in [5, 5.41) is 20.9. The molecule has 29 heavy (non-hydrogen) atoms. The van der Waals surface area contributed by atoms with Crippen molar-refractivity contribution in [1.82, 2.24) is 0 Å². The smallest absolute Gasteiger partial charge is 0.316 e. The fourth-order valence-electron chi connectivity index (χ4n) is 3.52. The monoisotopic (exact) mass is 406 g/mol. The lowest BCUT2D eigenvalue weighted by molar-refractivity contribution is -0.147. The van der Waals surface area contributed by atoms with E-state index in [-0.39, 0.29) is 23.6 Å². The molecule has 0 heterocycles. The molecule has 4 heteroatoms. The summed E-state index contributed by atoms with van der Waals surface area (Å²) in [5.74, 6) is -0.135. The van der Waals surface area contributed by atoms with Gasteiger partial charge >= 0.3 is 5.97 Å². The molecule has 0 fully saturated rings. The first-order valence-electron chi connectivity index (χ1n) is 11.3. The van der Waals surface area contributed by atoms with Gasteiger partial charge in [0, 0.05) is 5.92 Å². The van der Waals surface area contributed by atoms with Gasteiger partial charge in [0.15, 0.2) is 0 Å². The first-order chi connectivity index (χ1) is 13.7. The zero-order chi connectivity index (χ0) is 21.9. The van der Waals surface area contributed by atoms with Crippen LogP contribution in [-0.4, -0.2) is 22.3 Å². The van der Waals surface area contributed by atoms with E-state index < -0.39 is 11.5 Å². The van der Waals surface area contributed by atoms with Crippen molar-refractivity contribution in [2.45, 2.75) is 98.5 Å². The summed E-state index contributed by atoms with van der Waals surface area (Å²) in [6.07, 6.45) is 15.9. The molecular formula is C25H42O4. The van der Waals surface area contributed by atoms with E-state index in [0.29, 0.717) is 0 Å². The minimum atomic E-state index is -0.610. The first-order valence-corrected chi connectivity index (χ1v) is 11.3. The highest BCUT2D eigenvalue weighted by atomic mass is 16.5. The SMILES string of the molecule is CCCCCC(O)/C=C/C(CC)CC(C(O)=COC(=O)C(C)(C)C)C1=CCCC1. The highest BCUT2D eigenvalue weighted by Crippen LogP contribution is 2.35. The van der Waals surface area contributed by atoms with E-state index in [1.165, 1.54) is 11.8 Å². The Bertz CT molecular complexity index is 580. The van der Waals surface area contributed by atoms with Crippen LogP contribution >= 0.6 is 0 Å². The quantitative estimate of drug-likeness (QED) is 0.165. The molecule has 1 aliphatic carbocycles. The summed E-state index contributed by atoms with van der Waals surface area (Å²) in [7, 11) is 0. The standard InChI is InChI=1S/C25H42O4/c1-6-8-9-14-21(26)16-15-19(7-2)17-22(20-12-10-11-13-20)23(27)18-29-24(28)25(3,4)5/h12,15-16,18-19,21-22,26-27H,6-11,13-14,17H2,1-5H3/b16-15+,23-18?. The van der Waals surface area contributed by atoms with Crippen LogP contribution in [0, 0.1) is 17.3 Å². The molecule has 0 spiro atoms. The number of esters is 1. The van der Waals surface area contributed by atoms with Crippen LogP contribution in [0.4, 0.5) is 0 Å². The maximum absolute atomic E-state index is 12.0. The molecule has 2 N–H and O–H groups in total. The van der Waals surface area contributed by atoms with Crippen LogP contribution in [0.1, 0.15) is 92.4 Å². The molecule has 1 rings (SSSR count). The Morgan fingerprint density at radius 2 is 1.97 bits per heavy atom. The average molecular weight is 407 g/mol. The third-order valence-corrected chi connectivity index (χ3v) is 5.55. The maximum Gasteiger partial charge on any atom is 0.316 e. The van der Waals surface area contributed by atoms with Gasteiger partial charge in [-0.3, -0.25) is 4.79 Å². The van der Waals surface area contributed by atoms with Gasteiger partial charge in [0.25, 0.3) is 0 Å². The topological polar surface area (TPSA) is 66.8 Å². The number of ether oxygens (including phenoxy) is 1. The molecule has 0 saturated heterocycles. The lowest BCUT2D eigenvalue weighted by Gasteiger charge is -2.22. The molecule has 0 aromatic heterocycles. The summed E-state index contributed by atoms with van der Waals surface area (Å²) < 4.78 is 5.24. The van der Waals surface area contributed by atoms with E-state index in [1.54, 1.807) is 20.8 Å². The molecule has 0 radical (unpaired) electrons. The third kappa shape index (κ3) is 9.66. The Morgan fingerprint density at radius 1 is 1.24 bits per heavy atom. The van der Waals surface area contributed by atoms with Gasteiger partial charge in [0.05, 0.1) is 11.5 Å². The summed E-state index contributed by atoms with van der Waals surface area (Å²) in [6, 6.07) is 0. The summed E-state index contributed by atoms with van der Waals surface area (Å²) in [5.41, 5.74) is 0.613. The molecule has 0 aliphatic heterocycles. The van der Waals surface area contributed by atoms with E-state index in [2.05, 4.69) is 26.0 Å². The fourth-order valence-corrected chi connectivity index (χ4v) is 3.52. The van der Waals surface area contributed by atoms with Crippen LogP contribution < -0.4 is 0 Å². The molecule has 0 aromatic rings. The molecule has 3 atom stereocenters. The van der Waals surface area contributed by atoms with Crippen molar-refractivity contribution < 1.29 is 19.7 Å². The molecule has 1 aliphatic rings. The molecule has 0 amide bonds. The first kappa shape index (κ1) is 25.5. The van der Waals surface area contributed by atoms with E-state index in [0.717, 1.165) is 57.8 Å². The normalized spacial score (nSPS) is 18.6. The van der Waals surface area contributed by atoms with Crippen LogP contribution in [0.2, 0.25) is 0 Å². The zero-order valence-corrected chi connectivity index (χ0v) is 19.1. The second kappa shape index (κ2) is 12.9. The third-order valence-electron chi connectivity index (χ3n) is 5.55. The van der Waals surface area contributed by atoms with Gasteiger partial charge in [-0.15, -0.1) is 0 Å². The van der Waals surface area contributed by atoms with Crippen LogP contribution in [0.15, 0.2) is 35.8 Å². The predicted octanol–water partition coefficient (Wildman–Crippen LogP) is 6.62. The second-order valence-electron chi connectivity index (χ2n) is 9.27. The fraction of sp³-hybridized carbons (Fsp3) is 0.720. The van der Waals surface area contributed by atoms with Gasteiger partial charge in [-0.25, -0.2) is 0 Å². The average Bonchev–Trinajstić information content (AvgIpc) is 3.19. The predicted molar refractivity (Wildman–Crippen MR) is 119 cm³/mol. The van der Waals surface area contributed by atoms with Gasteiger partial charge in [0.2, 0.25) is 0 Å². The maximum atomic E-state index is 12.0. The van der Waals surface area contributed by atoms with Crippen molar-refractivity contribution in [2.75, 3.05) is 0 Å². The van der Waals surface area contributed by atoms with Crippen molar-refractivity contribution in [3.63, 3.8) is 0 Å². The number of unbranched alkanes of at least 4 members (excludes halogenated alkanes) is 2. The van der Waals surface area contributed by atoms with E-state index >= 15 is 0 Å². The van der Waals surface area contributed by atoms with Gasteiger partial charge < -0.3 is 14.9 Å². The number of carbonyl (C=O) groups excluding carboxylic acids is 1. The molecule has 3 unspecified atom stereocenters. The lowest BCUT2D eigenvalue weighted by Crippen LogP contribution is -2.21. The molecule has 0 saturated carbocycles. The number of hydrogen-bond donors (Lipinski definition) is 2. The Morgan fingerprint density at radius 3 is 2.52 bits per heavy atom. The molecule has 166 valence electrons. The number of carbonyl (C=O) groups is 1. The number of rotatable bonds is 12. The van der Waals surface area contributed by atoms with E-state index in [4.69, 9.17) is 4.74 Å². The highest BCUT2D eigenvalue weighted by molar-refractivity contribution is 5.75. The van der Waals surface area contributed by atoms with Crippen LogP contribution in [-0.2, 0) is 9.53 Å². The summed E-state index contributed by atoms with van der Waals surface area (Å²) >= 11 is 0. The van der Waals surface area contributed by atoms with Crippen molar-refractivity contribution in [1.29, 1.82) is 0 Å². The Labute approximate surface area is 177 Å². The van der Waals surface area contributed by atoms with Crippen LogP contribution in [0.25, 0.3) is 0 Å². The van der Waals surface area contributed by atoms with Crippen molar-refractivity contribution >= 4 is 5.97 Å².